The van der Waals surface area contributed by atoms with Crippen molar-refractivity contribution >= 4 is 55.2 Å². The van der Waals surface area contributed by atoms with Gasteiger partial charge in [-0.15, -0.1) is 0 Å². The van der Waals surface area contributed by atoms with Crippen molar-refractivity contribution in [1.29, 1.82) is 0 Å². The first-order valence-electron chi connectivity index (χ1n) is 24.1. The number of nitrogens with zero attached hydrogens (tertiary/aromatic N) is 4. The maximum atomic E-state index is 7.46. The van der Waals surface area contributed by atoms with Gasteiger partial charge in [0.1, 0.15) is 0 Å². The highest BCUT2D eigenvalue weighted by Gasteiger charge is 2.23. The predicted molar refractivity (Wildman–Crippen MR) is 298 cm³/mol. The van der Waals surface area contributed by atoms with Gasteiger partial charge >= 0.3 is 0 Å². The Labute approximate surface area is 417 Å². The summed E-state index contributed by atoms with van der Waals surface area (Å²) in [5.74, 6) is 0. The van der Waals surface area contributed by atoms with Gasteiger partial charge in [0.15, 0.2) is 0 Å². The van der Waals surface area contributed by atoms with E-state index in [9.17, 15) is 0 Å². The van der Waals surface area contributed by atoms with Crippen LogP contribution in [-0.4, -0.2) is 19.1 Å². The minimum Gasteiger partial charge on any atom is -0.309 e. The van der Waals surface area contributed by atoms with E-state index in [2.05, 4.69) is 223 Å². The number of benzene rings is 9. The number of halogens is 1. The lowest BCUT2D eigenvalue weighted by atomic mass is 9.86. The summed E-state index contributed by atoms with van der Waals surface area (Å²) in [6.45, 7) is 4.42. The lowest BCUT2D eigenvalue weighted by Gasteiger charge is -2.19. The zero-order valence-corrected chi connectivity index (χ0v) is 39.9. The summed E-state index contributed by atoms with van der Waals surface area (Å²) in [6.07, 6.45) is 3.71. The van der Waals surface area contributed by atoms with Gasteiger partial charge in [-0.05, 0) is 185 Å². The fraction of sp³-hybridized carbons (Fsp3) is 0.0303. The molecule has 0 amide bonds. The van der Waals surface area contributed by atoms with Crippen LogP contribution < -0.4 is 0 Å². The zero-order chi connectivity index (χ0) is 47.6. The highest BCUT2D eigenvalue weighted by molar-refractivity contribution is 6.31. The number of aryl methyl sites for hydroxylation is 2. The van der Waals surface area contributed by atoms with Gasteiger partial charge in [-0.25, -0.2) is 0 Å². The maximum Gasteiger partial charge on any atom is 0.0702 e. The van der Waals surface area contributed by atoms with E-state index in [0.29, 0.717) is 5.02 Å². The first-order chi connectivity index (χ1) is 34.9. The van der Waals surface area contributed by atoms with Gasteiger partial charge < -0.3 is 9.13 Å². The zero-order valence-electron chi connectivity index (χ0n) is 39.2. The number of rotatable bonds is 8. The van der Waals surface area contributed by atoms with Gasteiger partial charge in [-0.1, -0.05) is 121 Å². The smallest absolute Gasteiger partial charge is 0.0702 e. The lowest BCUT2D eigenvalue weighted by Crippen LogP contribution is -1.96. The normalized spacial score (nSPS) is 11.6. The molecule has 4 heterocycles. The number of pyridine rings is 2. The molecule has 4 aromatic heterocycles. The first-order valence-corrected chi connectivity index (χ1v) is 24.4. The van der Waals surface area contributed by atoms with Gasteiger partial charge in [0.05, 0.1) is 33.5 Å². The number of para-hydroxylation sites is 4. The molecule has 0 unspecified atom stereocenters. The molecule has 0 bridgehead atoms. The molecule has 4 nitrogen and oxygen atoms in total. The monoisotopic (exact) mass is 928 g/mol. The van der Waals surface area contributed by atoms with Crippen molar-refractivity contribution in [1.82, 2.24) is 19.1 Å². The van der Waals surface area contributed by atoms with Gasteiger partial charge in [-0.3, -0.25) is 9.97 Å². The average molecular weight is 930 g/mol. The van der Waals surface area contributed by atoms with Gasteiger partial charge in [0, 0.05) is 61.5 Å². The van der Waals surface area contributed by atoms with Crippen molar-refractivity contribution in [3.05, 3.63) is 253 Å². The van der Waals surface area contributed by atoms with Gasteiger partial charge in [-0.2, -0.15) is 0 Å². The second-order valence-electron chi connectivity index (χ2n) is 18.4. The van der Waals surface area contributed by atoms with Crippen LogP contribution in [0.4, 0.5) is 0 Å². The van der Waals surface area contributed by atoms with Crippen LogP contribution >= 0.6 is 11.6 Å². The molecular formula is C66H45ClN4. The second kappa shape index (κ2) is 17.3. The minimum absolute atomic E-state index is 0.664. The first kappa shape index (κ1) is 42.3. The molecule has 0 aliphatic heterocycles. The molecule has 0 aliphatic rings. The SMILES string of the molecule is Cc1cc(-c2ccccn2)ccc1-c1cc2c(cc1-c1cc(Cl)cc(-c3cc4c5ccccc5n(-c5ccccc5)c4cc3-c3ccc(-c4ccccn4)cc3C)c1)c1ccccc1n2-c1ccccc1. The quantitative estimate of drug-likeness (QED) is 0.152. The molecule has 9 aromatic carbocycles. The average Bonchev–Trinajstić information content (AvgIpc) is 3.92. The van der Waals surface area contributed by atoms with Crippen LogP contribution in [0.15, 0.2) is 237 Å². The summed E-state index contributed by atoms with van der Waals surface area (Å²) >= 11 is 7.46. The van der Waals surface area contributed by atoms with Crippen molar-refractivity contribution in [3.8, 4) is 78.4 Å². The maximum absolute atomic E-state index is 7.46. The van der Waals surface area contributed by atoms with Crippen molar-refractivity contribution in [2.45, 2.75) is 13.8 Å². The summed E-state index contributed by atoms with van der Waals surface area (Å²) in [6, 6.07) is 80.6. The predicted octanol–water partition coefficient (Wildman–Crippen LogP) is 17.9. The van der Waals surface area contributed by atoms with E-state index >= 15 is 0 Å². The third-order valence-electron chi connectivity index (χ3n) is 14.1. The summed E-state index contributed by atoms with van der Waals surface area (Å²) in [4.78, 5) is 9.40. The molecule has 0 saturated carbocycles. The third-order valence-corrected chi connectivity index (χ3v) is 14.3. The van der Waals surface area contributed by atoms with Crippen LogP contribution in [0.5, 0.6) is 0 Å². The standard InChI is InChI=1S/C66H45ClN4/c1-42-33-44(61-23-13-15-31-68-61)27-29-51(42)57-40-65-59(53-21-9-11-25-63(53)70(65)49-17-5-3-6-18-49)38-55(57)46-35-47(37-48(67)36-46)56-39-60-54-22-10-12-26-64(54)71(50-19-7-4-8-20-50)66(60)41-58(56)52-30-28-45(34-43(52)2)62-24-14-16-32-69-62/h3-41H,1-2H3. The van der Waals surface area contributed by atoms with Crippen molar-refractivity contribution in [3.63, 3.8) is 0 Å². The highest BCUT2D eigenvalue weighted by Crippen LogP contribution is 2.47. The second-order valence-corrected chi connectivity index (χ2v) is 18.9. The Hall–Kier alpha value is -8.83. The Bertz CT molecular complexity index is 3910. The fourth-order valence-corrected chi connectivity index (χ4v) is 11.1. The molecule has 336 valence electrons. The molecule has 0 atom stereocenters. The van der Waals surface area contributed by atoms with E-state index in [4.69, 9.17) is 21.6 Å². The molecule has 0 saturated heterocycles. The van der Waals surface area contributed by atoms with Crippen LogP contribution in [0.3, 0.4) is 0 Å². The Kier molecular flexibility index (Phi) is 10.3. The van der Waals surface area contributed by atoms with Gasteiger partial charge in [0.25, 0.3) is 0 Å². The van der Waals surface area contributed by atoms with E-state index in [-0.39, 0.29) is 0 Å². The Morgan fingerprint density at radius 1 is 0.310 bits per heavy atom. The van der Waals surface area contributed by atoms with E-state index in [1.807, 2.05) is 36.7 Å². The lowest BCUT2D eigenvalue weighted by molar-refractivity contribution is 1.18. The van der Waals surface area contributed by atoms with Crippen LogP contribution in [0.2, 0.25) is 5.02 Å². The van der Waals surface area contributed by atoms with Crippen LogP contribution in [-0.2, 0) is 0 Å². The summed E-state index contributed by atoms with van der Waals surface area (Å²) < 4.78 is 4.79. The van der Waals surface area contributed by atoms with Crippen LogP contribution in [0.1, 0.15) is 11.1 Å². The molecule has 0 N–H and O–H groups in total. The molecular weight excluding hydrogens is 884 g/mol. The summed E-state index contributed by atoms with van der Waals surface area (Å²) in [5.41, 5.74) is 22.0. The number of hydrogen-bond donors (Lipinski definition) is 0. The molecule has 71 heavy (non-hydrogen) atoms. The third kappa shape index (κ3) is 7.31. The molecule has 0 spiro atoms. The molecule has 13 rings (SSSR count). The molecule has 0 radical (unpaired) electrons. The van der Waals surface area contributed by atoms with Crippen LogP contribution in [0, 0.1) is 13.8 Å². The number of fused-ring (bicyclic) bond motifs is 6. The highest BCUT2D eigenvalue weighted by atomic mass is 35.5. The molecule has 5 heteroatoms. The van der Waals surface area contributed by atoms with Crippen molar-refractivity contribution in [2.24, 2.45) is 0 Å². The van der Waals surface area contributed by atoms with E-state index in [1.165, 1.54) is 21.5 Å². The Morgan fingerprint density at radius 3 is 1.15 bits per heavy atom. The Balaban J connectivity index is 1.08. The minimum atomic E-state index is 0.664. The number of aromatic nitrogens is 4. The molecule has 0 aliphatic carbocycles. The summed E-state index contributed by atoms with van der Waals surface area (Å²) in [5, 5.41) is 5.39. The van der Waals surface area contributed by atoms with Gasteiger partial charge in [0.2, 0.25) is 0 Å². The molecule has 0 fully saturated rings. The van der Waals surface area contributed by atoms with E-state index in [0.717, 1.165) is 112 Å². The Morgan fingerprint density at radius 2 is 0.732 bits per heavy atom. The number of hydrogen-bond acceptors (Lipinski definition) is 2. The van der Waals surface area contributed by atoms with Crippen molar-refractivity contribution in [2.75, 3.05) is 0 Å². The fourth-order valence-electron chi connectivity index (χ4n) is 10.9. The summed E-state index contributed by atoms with van der Waals surface area (Å²) in [7, 11) is 0. The van der Waals surface area contributed by atoms with Crippen LogP contribution in [0.25, 0.3) is 122 Å². The topological polar surface area (TPSA) is 35.6 Å². The van der Waals surface area contributed by atoms with E-state index in [1.54, 1.807) is 0 Å². The van der Waals surface area contributed by atoms with Crippen molar-refractivity contribution < 1.29 is 0 Å². The largest absolute Gasteiger partial charge is 0.309 e. The molecule has 13 aromatic rings. The van der Waals surface area contributed by atoms with E-state index < -0.39 is 0 Å².